The molecule has 3 aliphatic rings. The molecule has 0 aromatic heterocycles. The molecule has 4 rings (SSSR count). The van der Waals surface area contributed by atoms with Gasteiger partial charge in [0.1, 0.15) is 6.10 Å². The van der Waals surface area contributed by atoms with Crippen molar-refractivity contribution in [3.63, 3.8) is 0 Å². The predicted octanol–water partition coefficient (Wildman–Crippen LogP) is 1.43. The first-order valence-corrected chi connectivity index (χ1v) is 10.2. The van der Waals surface area contributed by atoms with E-state index in [1.54, 1.807) is 0 Å². The second-order valence-corrected chi connectivity index (χ2v) is 7.79. The van der Waals surface area contributed by atoms with E-state index in [1.807, 2.05) is 34.1 Å². The van der Waals surface area contributed by atoms with Crippen LogP contribution in [-0.4, -0.2) is 66.4 Å². The highest BCUT2D eigenvalue weighted by Gasteiger charge is 2.32. The van der Waals surface area contributed by atoms with Gasteiger partial charge in [-0.3, -0.25) is 14.4 Å². The summed E-state index contributed by atoms with van der Waals surface area (Å²) in [5.74, 6) is -0.0438. The zero-order chi connectivity index (χ0) is 19.5. The minimum Gasteiger partial charge on any atom is -0.368 e. The molecule has 2 fully saturated rings. The van der Waals surface area contributed by atoms with Gasteiger partial charge in [0.05, 0.1) is 0 Å². The summed E-state index contributed by atoms with van der Waals surface area (Å²) in [4.78, 5) is 40.9. The van der Waals surface area contributed by atoms with Crippen molar-refractivity contribution >= 4 is 23.4 Å². The molecule has 7 nitrogen and oxygen atoms in total. The van der Waals surface area contributed by atoms with E-state index in [1.165, 1.54) is 0 Å². The predicted molar refractivity (Wildman–Crippen MR) is 104 cm³/mol. The molecule has 1 aromatic rings. The molecule has 7 heteroatoms. The van der Waals surface area contributed by atoms with Gasteiger partial charge in [-0.1, -0.05) is 18.2 Å². The molecular weight excluding hydrogens is 358 g/mol. The van der Waals surface area contributed by atoms with Crippen LogP contribution in [0.2, 0.25) is 0 Å². The number of para-hydroxylation sites is 1. The third kappa shape index (κ3) is 4.04. The number of nitrogens with zero attached hydrogens (tertiary/aromatic N) is 2. The van der Waals surface area contributed by atoms with Crippen LogP contribution >= 0.6 is 0 Å². The number of hydrogen-bond donors (Lipinski definition) is 1. The van der Waals surface area contributed by atoms with Gasteiger partial charge in [0.15, 0.2) is 0 Å². The number of carbonyl (C=O) groups excluding carboxylic acids is 3. The Kier molecular flexibility index (Phi) is 5.62. The first-order valence-electron chi connectivity index (χ1n) is 10.2. The first kappa shape index (κ1) is 18.9. The Morgan fingerprint density at radius 1 is 1.11 bits per heavy atom. The highest BCUT2D eigenvalue weighted by molar-refractivity contribution is 5.96. The van der Waals surface area contributed by atoms with Crippen LogP contribution in [0.3, 0.4) is 0 Å². The van der Waals surface area contributed by atoms with E-state index in [-0.39, 0.29) is 29.7 Å². The summed E-state index contributed by atoms with van der Waals surface area (Å²) in [6.07, 6.45) is 3.03. The Morgan fingerprint density at radius 2 is 1.86 bits per heavy atom. The Bertz CT molecular complexity index is 752. The summed E-state index contributed by atoms with van der Waals surface area (Å²) in [6.45, 7) is 2.88. The Labute approximate surface area is 165 Å². The molecule has 0 aliphatic carbocycles. The van der Waals surface area contributed by atoms with Crippen LogP contribution in [0.1, 0.15) is 31.2 Å². The Morgan fingerprint density at radius 3 is 2.61 bits per heavy atom. The van der Waals surface area contributed by atoms with Crippen LogP contribution in [0.15, 0.2) is 24.3 Å². The van der Waals surface area contributed by atoms with E-state index in [2.05, 4.69) is 5.32 Å². The van der Waals surface area contributed by atoms with E-state index in [4.69, 9.17) is 4.74 Å². The molecule has 0 saturated carbocycles. The molecular formula is C21H27N3O4. The lowest BCUT2D eigenvalue weighted by Crippen LogP contribution is -2.52. The number of anilines is 1. The van der Waals surface area contributed by atoms with Crippen LogP contribution in [0.25, 0.3) is 0 Å². The molecule has 1 N–H and O–H groups in total. The largest absolute Gasteiger partial charge is 0.368 e. The SMILES string of the molecule is O=C1Nc2ccccc2CC1CCC(=O)N1CCN(C(=O)C2CCCO2)CC1. The van der Waals surface area contributed by atoms with Crippen molar-refractivity contribution < 1.29 is 19.1 Å². The zero-order valence-corrected chi connectivity index (χ0v) is 16.1. The maximum Gasteiger partial charge on any atom is 0.251 e. The summed E-state index contributed by atoms with van der Waals surface area (Å²) >= 11 is 0. The smallest absolute Gasteiger partial charge is 0.251 e. The summed E-state index contributed by atoms with van der Waals surface area (Å²) in [5, 5.41) is 2.94. The van der Waals surface area contributed by atoms with Crippen LogP contribution in [0.4, 0.5) is 5.69 Å². The average molecular weight is 385 g/mol. The normalized spacial score (nSPS) is 24.6. The maximum atomic E-state index is 12.6. The second kappa shape index (κ2) is 8.31. The Balaban J connectivity index is 1.24. The van der Waals surface area contributed by atoms with Crippen LogP contribution < -0.4 is 5.32 Å². The van der Waals surface area contributed by atoms with Gasteiger partial charge in [0.25, 0.3) is 5.91 Å². The second-order valence-electron chi connectivity index (χ2n) is 7.79. The van der Waals surface area contributed by atoms with E-state index in [0.717, 1.165) is 24.1 Å². The fraction of sp³-hybridized carbons (Fsp3) is 0.571. The highest BCUT2D eigenvalue weighted by Crippen LogP contribution is 2.27. The molecule has 150 valence electrons. The van der Waals surface area contributed by atoms with Gasteiger partial charge < -0.3 is 19.9 Å². The third-order valence-corrected chi connectivity index (χ3v) is 5.97. The molecule has 0 spiro atoms. The van der Waals surface area contributed by atoms with Crippen molar-refractivity contribution in [3.05, 3.63) is 29.8 Å². The van der Waals surface area contributed by atoms with Gasteiger partial charge in [-0.2, -0.15) is 0 Å². The zero-order valence-electron chi connectivity index (χ0n) is 16.1. The number of nitrogens with one attached hydrogen (secondary N) is 1. The number of carbonyl (C=O) groups is 3. The summed E-state index contributed by atoms with van der Waals surface area (Å²) in [5.41, 5.74) is 2.00. The fourth-order valence-corrected chi connectivity index (χ4v) is 4.25. The molecule has 2 saturated heterocycles. The molecule has 28 heavy (non-hydrogen) atoms. The minimum atomic E-state index is -0.296. The van der Waals surface area contributed by atoms with Gasteiger partial charge in [0.2, 0.25) is 11.8 Å². The monoisotopic (exact) mass is 385 g/mol. The van der Waals surface area contributed by atoms with Gasteiger partial charge in [-0.25, -0.2) is 0 Å². The number of ether oxygens (including phenoxy) is 1. The van der Waals surface area contributed by atoms with Crippen molar-refractivity contribution in [2.24, 2.45) is 5.92 Å². The van der Waals surface area contributed by atoms with Crippen molar-refractivity contribution in [2.75, 3.05) is 38.1 Å². The molecule has 3 amide bonds. The van der Waals surface area contributed by atoms with Crippen LogP contribution in [-0.2, 0) is 25.5 Å². The molecule has 1 aromatic carbocycles. The molecule has 2 unspecified atom stereocenters. The van der Waals surface area contributed by atoms with E-state index in [0.29, 0.717) is 52.0 Å². The third-order valence-electron chi connectivity index (χ3n) is 5.97. The van der Waals surface area contributed by atoms with E-state index >= 15 is 0 Å². The average Bonchev–Trinajstić information content (AvgIpc) is 3.26. The fourth-order valence-electron chi connectivity index (χ4n) is 4.25. The molecule has 3 heterocycles. The molecule has 3 aliphatic heterocycles. The number of hydrogen-bond acceptors (Lipinski definition) is 4. The van der Waals surface area contributed by atoms with E-state index < -0.39 is 0 Å². The lowest BCUT2D eigenvalue weighted by Gasteiger charge is -2.36. The summed E-state index contributed by atoms with van der Waals surface area (Å²) < 4.78 is 5.47. The van der Waals surface area contributed by atoms with Gasteiger partial charge in [-0.15, -0.1) is 0 Å². The summed E-state index contributed by atoms with van der Waals surface area (Å²) in [7, 11) is 0. The number of piperazine rings is 1. The molecule has 2 atom stereocenters. The first-order chi connectivity index (χ1) is 13.6. The topological polar surface area (TPSA) is 79.0 Å². The van der Waals surface area contributed by atoms with E-state index in [9.17, 15) is 14.4 Å². The number of fused-ring (bicyclic) bond motifs is 1. The van der Waals surface area contributed by atoms with Gasteiger partial charge in [-0.05, 0) is 37.3 Å². The Hall–Kier alpha value is -2.41. The van der Waals surface area contributed by atoms with Crippen molar-refractivity contribution in [3.8, 4) is 0 Å². The van der Waals surface area contributed by atoms with Crippen LogP contribution in [0, 0.1) is 5.92 Å². The minimum absolute atomic E-state index is 0.00141. The summed E-state index contributed by atoms with van der Waals surface area (Å²) in [6, 6.07) is 7.81. The molecule has 0 radical (unpaired) electrons. The van der Waals surface area contributed by atoms with Crippen LogP contribution in [0.5, 0.6) is 0 Å². The maximum absolute atomic E-state index is 12.6. The lowest BCUT2D eigenvalue weighted by molar-refractivity contribution is -0.146. The molecule has 0 bridgehead atoms. The van der Waals surface area contributed by atoms with Crippen molar-refractivity contribution in [1.29, 1.82) is 0 Å². The number of benzene rings is 1. The quantitative estimate of drug-likeness (QED) is 0.850. The standard InChI is InChI=1S/C21H27N3O4/c25-19(8-7-16-14-15-4-1-2-5-17(15)22-20(16)26)23-9-11-24(12-10-23)21(27)18-6-3-13-28-18/h1-2,4-5,16,18H,3,6-14H2,(H,22,26). The van der Waals surface area contributed by atoms with Crippen molar-refractivity contribution in [1.82, 2.24) is 9.80 Å². The van der Waals surface area contributed by atoms with Gasteiger partial charge in [0, 0.05) is 50.8 Å². The number of amides is 3. The van der Waals surface area contributed by atoms with Gasteiger partial charge >= 0.3 is 0 Å². The van der Waals surface area contributed by atoms with Crippen molar-refractivity contribution in [2.45, 2.75) is 38.2 Å². The highest BCUT2D eigenvalue weighted by atomic mass is 16.5. The lowest BCUT2D eigenvalue weighted by atomic mass is 9.89. The number of rotatable bonds is 4.